The zero-order valence-electron chi connectivity index (χ0n) is 10.00. The van der Waals surface area contributed by atoms with Crippen molar-refractivity contribution in [1.29, 1.82) is 0 Å². The van der Waals surface area contributed by atoms with E-state index < -0.39 is 0 Å². The lowest BCUT2D eigenvalue weighted by Gasteiger charge is -2.07. The van der Waals surface area contributed by atoms with Crippen LogP contribution in [0.25, 0.3) is 10.9 Å². The Morgan fingerprint density at radius 1 is 1.31 bits per heavy atom. The molecule has 0 radical (unpaired) electrons. The van der Waals surface area contributed by atoms with Crippen LogP contribution in [0.3, 0.4) is 0 Å². The number of hydrogen-bond donors (Lipinski definition) is 0. The highest BCUT2D eigenvalue weighted by Gasteiger charge is 2.08. The Morgan fingerprint density at radius 3 is 2.69 bits per heavy atom. The van der Waals surface area contributed by atoms with E-state index in [9.17, 15) is 0 Å². The molecule has 3 heteroatoms. The fourth-order valence-electron chi connectivity index (χ4n) is 2.07. The SMILES string of the molecule is CCn1cc(CN(C)C)c2cc(Cl)ccc21. The molecule has 2 nitrogen and oxygen atoms in total. The minimum Gasteiger partial charge on any atom is -0.347 e. The smallest absolute Gasteiger partial charge is 0.0484 e. The van der Waals surface area contributed by atoms with Gasteiger partial charge in [-0.3, -0.25) is 0 Å². The summed E-state index contributed by atoms with van der Waals surface area (Å²) in [6, 6.07) is 6.11. The molecule has 0 unspecified atom stereocenters. The lowest BCUT2D eigenvalue weighted by molar-refractivity contribution is 0.403. The Bertz CT molecular complexity index is 500. The molecule has 1 aromatic heterocycles. The van der Waals surface area contributed by atoms with E-state index in [1.54, 1.807) is 0 Å². The Kier molecular flexibility index (Phi) is 3.22. The summed E-state index contributed by atoms with van der Waals surface area (Å²) in [6.07, 6.45) is 2.22. The van der Waals surface area contributed by atoms with Crippen LogP contribution in [0.2, 0.25) is 5.02 Å². The van der Waals surface area contributed by atoms with Crippen molar-refractivity contribution in [1.82, 2.24) is 9.47 Å². The van der Waals surface area contributed by atoms with Crippen molar-refractivity contribution in [2.45, 2.75) is 20.0 Å². The highest BCUT2D eigenvalue weighted by Crippen LogP contribution is 2.25. The minimum atomic E-state index is 0.807. The summed E-state index contributed by atoms with van der Waals surface area (Å²) in [5, 5.41) is 2.07. The van der Waals surface area contributed by atoms with Crippen LogP contribution in [-0.4, -0.2) is 23.6 Å². The number of rotatable bonds is 3. The van der Waals surface area contributed by atoms with Crippen LogP contribution in [0.15, 0.2) is 24.4 Å². The molecule has 2 aromatic rings. The number of fused-ring (bicyclic) bond motifs is 1. The first kappa shape index (κ1) is 11.5. The first-order valence-electron chi connectivity index (χ1n) is 5.54. The maximum atomic E-state index is 6.06. The van der Waals surface area contributed by atoms with Gasteiger partial charge in [-0.05, 0) is 44.8 Å². The van der Waals surface area contributed by atoms with Gasteiger partial charge in [0.05, 0.1) is 0 Å². The molecule has 0 aliphatic rings. The van der Waals surface area contributed by atoms with Crippen molar-refractivity contribution in [3.8, 4) is 0 Å². The van der Waals surface area contributed by atoms with Crippen LogP contribution in [0.5, 0.6) is 0 Å². The Hall–Kier alpha value is -0.990. The van der Waals surface area contributed by atoms with Gasteiger partial charge in [-0.1, -0.05) is 11.6 Å². The van der Waals surface area contributed by atoms with Crippen LogP contribution in [0, 0.1) is 0 Å². The number of hydrogen-bond acceptors (Lipinski definition) is 1. The summed E-state index contributed by atoms with van der Waals surface area (Å²) in [5.41, 5.74) is 2.60. The summed E-state index contributed by atoms with van der Waals surface area (Å²) in [6.45, 7) is 4.10. The molecule has 2 rings (SSSR count). The average molecular weight is 237 g/mol. The molecule has 1 aromatic carbocycles. The van der Waals surface area contributed by atoms with Crippen LogP contribution in [0.1, 0.15) is 12.5 Å². The fraction of sp³-hybridized carbons (Fsp3) is 0.385. The normalized spacial score (nSPS) is 11.6. The summed E-state index contributed by atoms with van der Waals surface area (Å²) >= 11 is 6.06. The topological polar surface area (TPSA) is 8.17 Å². The monoisotopic (exact) mass is 236 g/mol. The fourth-order valence-corrected chi connectivity index (χ4v) is 2.24. The molecule has 0 saturated carbocycles. The van der Waals surface area contributed by atoms with Crippen molar-refractivity contribution in [2.24, 2.45) is 0 Å². The van der Waals surface area contributed by atoms with E-state index in [0.717, 1.165) is 18.1 Å². The van der Waals surface area contributed by atoms with Crippen molar-refractivity contribution >= 4 is 22.5 Å². The molecule has 0 fully saturated rings. The maximum Gasteiger partial charge on any atom is 0.0484 e. The third-order valence-corrected chi connectivity index (χ3v) is 2.99. The predicted octanol–water partition coefficient (Wildman–Crippen LogP) is 3.38. The van der Waals surface area contributed by atoms with Gasteiger partial charge in [0.1, 0.15) is 0 Å². The van der Waals surface area contributed by atoms with Gasteiger partial charge in [-0.2, -0.15) is 0 Å². The third-order valence-electron chi connectivity index (χ3n) is 2.75. The summed E-state index contributed by atoms with van der Waals surface area (Å²) in [7, 11) is 4.17. The van der Waals surface area contributed by atoms with Crippen molar-refractivity contribution in [2.75, 3.05) is 14.1 Å². The molecular weight excluding hydrogens is 220 g/mol. The molecule has 0 aliphatic carbocycles. The van der Waals surface area contributed by atoms with Crippen molar-refractivity contribution in [3.63, 3.8) is 0 Å². The van der Waals surface area contributed by atoms with Crippen LogP contribution >= 0.6 is 11.6 Å². The van der Waals surface area contributed by atoms with Gasteiger partial charge in [0.25, 0.3) is 0 Å². The van der Waals surface area contributed by atoms with E-state index in [1.807, 2.05) is 6.07 Å². The summed E-state index contributed by atoms with van der Waals surface area (Å²) in [4.78, 5) is 2.18. The number of halogens is 1. The molecule has 0 amide bonds. The van der Waals surface area contributed by atoms with Gasteiger partial charge < -0.3 is 9.47 Å². The second-order valence-corrected chi connectivity index (χ2v) is 4.78. The van der Waals surface area contributed by atoms with Gasteiger partial charge in [0.2, 0.25) is 0 Å². The van der Waals surface area contributed by atoms with Crippen LogP contribution in [-0.2, 0) is 13.1 Å². The lowest BCUT2D eigenvalue weighted by atomic mass is 10.2. The van der Waals surface area contributed by atoms with E-state index in [1.165, 1.54) is 16.5 Å². The second kappa shape index (κ2) is 4.48. The quantitative estimate of drug-likeness (QED) is 0.793. The van der Waals surface area contributed by atoms with Gasteiger partial charge in [0, 0.05) is 35.2 Å². The number of nitrogens with zero attached hydrogens (tertiary/aromatic N) is 2. The van der Waals surface area contributed by atoms with Crippen molar-refractivity contribution < 1.29 is 0 Å². The van der Waals surface area contributed by atoms with Gasteiger partial charge in [0.15, 0.2) is 0 Å². The Labute approximate surface area is 101 Å². The summed E-state index contributed by atoms with van der Waals surface area (Å²) in [5.74, 6) is 0. The van der Waals surface area contributed by atoms with Crippen LogP contribution < -0.4 is 0 Å². The molecule has 1 heterocycles. The number of aryl methyl sites for hydroxylation is 1. The van der Waals surface area contributed by atoms with Crippen LogP contribution in [0.4, 0.5) is 0 Å². The number of aromatic nitrogens is 1. The zero-order chi connectivity index (χ0) is 11.7. The zero-order valence-corrected chi connectivity index (χ0v) is 10.8. The standard InChI is InChI=1S/C13H17ClN2/c1-4-16-9-10(8-15(2)3)12-7-11(14)5-6-13(12)16/h5-7,9H,4,8H2,1-3H3. The lowest BCUT2D eigenvalue weighted by Crippen LogP contribution is -2.10. The van der Waals surface area contributed by atoms with E-state index in [0.29, 0.717) is 0 Å². The Balaban J connectivity index is 2.59. The maximum absolute atomic E-state index is 6.06. The molecule has 86 valence electrons. The molecule has 0 saturated heterocycles. The molecule has 0 N–H and O–H groups in total. The summed E-state index contributed by atoms with van der Waals surface area (Å²) < 4.78 is 2.27. The highest BCUT2D eigenvalue weighted by atomic mass is 35.5. The highest BCUT2D eigenvalue weighted by molar-refractivity contribution is 6.31. The van der Waals surface area contributed by atoms with E-state index in [2.05, 4.69) is 48.8 Å². The first-order chi connectivity index (χ1) is 7.61. The van der Waals surface area contributed by atoms with Crippen molar-refractivity contribution in [3.05, 3.63) is 35.0 Å². The van der Waals surface area contributed by atoms with Gasteiger partial charge in [-0.25, -0.2) is 0 Å². The molecule has 0 spiro atoms. The third kappa shape index (κ3) is 2.08. The predicted molar refractivity (Wildman–Crippen MR) is 70.0 cm³/mol. The molecule has 16 heavy (non-hydrogen) atoms. The van der Waals surface area contributed by atoms with Gasteiger partial charge >= 0.3 is 0 Å². The number of benzene rings is 1. The first-order valence-corrected chi connectivity index (χ1v) is 5.91. The second-order valence-electron chi connectivity index (χ2n) is 4.34. The van der Waals surface area contributed by atoms with Gasteiger partial charge in [-0.15, -0.1) is 0 Å². The minimum absolute atomic E-state index is 0.807. The van der Waals surface area contributed by atoms with E-state index >= 15 is 0 Å². The molecule has 0 aliphatic heterocycles. The van der Waals surface area contributed by atoms with E-state index in [-0.39, 0.29) is 0 Å². The molecule has 0 bridgehead atoms. The average Bonchev–Trinajstić information content (AvgIpc) is 2.55. The van der Waals surface area contributed by atoms with E-state index in [4.69, 9.17) is 11.6 Å². The molecular formula is C13H17ClN2. The molecule has 0 atom stereocenters. The largest absolute Gasteiger partial charge is 0.347 e. The Morgan fingerprint density at radius 2 is 2.06 bits per heavy atom.